The molecule has 3 heterocycles. The topological polar surface area (TPSA) is 180 Å². The lowest BCUT2D eigenvalue weighted by molar-refractivity contribution is -0.197. The van der Waals surface area contributed by atoms with Gasteiger partial charge in [-0.2, -0.15) is 9.97 Å². The zero-order valence-electron chi connectivity index (χ0n) is 34.2. The predicted molar refractivity (Wildman–Crippen MR) is 211 cm³/mol. The maximum atomic E-state index is 17.0. The lowest BCUT2D eigenvalue weighted by Crippen LogP contribution is -2.54. The number of aromatic nitrogens is 4. The van der Waals surface area contributed by atoms with Crippen LogP contribution in [0.4, 0.5) is 19.8 Å². The SMILES string of the molecule is CCOC(=O)C(Cc1ccccc1)(OC[C@H]1O[C@@H](n2cnc3c(N(Cc4ccccc4)C(=O)OC(C)(C)C)nc(Cl)nc32)[C@@H](F)[C@@H]1OC(=O)OC(C)(C)C)C(=O)OCC. The summed E-state index contributed by atoms with van der Waals surface area (Å²) in [5, 5.41) is -0.319. The second-order valence-corrected chi connectivity index (χ2v) is 15.8. The first-order chi connectivity index (χ1) is 27.9. The second kappa shape index (κ2) is 18.7. The molecule has 1 aliphatic heterocycles. The van der Waals surface area contributed by atoms with E-state index in [1.54, 1.807) is 97.9 Å². The van der Waals surface area contributed by atoms with Gasteiger partial charge in [0.25, 0.3) is 5.60 Å². The van der Waals surface area contributed by atoms with Crippen molar-refractivity contribution in [2.45, 2.75) is 110 Å². The zero-order valence-corrected chi connectivity index (χ0v) is 34.9. The molecule has 0 spiro atoms. The Morgan fingerprint density at radius 2 is 1.42 bits per heavy atom. The second-order valence-electron chi connectivity index (χ2n) is 15.5. The fourth-order valence-electron chi connectivity index (χ4n) is 6.14. The summed E-state index contributed by atoms with van der Waals surface area (Å²) in [6, 6.07) is 17.6. The van der Waals surface area contributed by atoms with Crippen LogP contribution in [0.1, 0.15) is 72.7 Å². The van der Waals surface area contributed by atoms with Crippen molar-refractivity contribution in [3.63, 3.8) is 0 Å². The van der Waals surface area contributed by atoms with Gasteiger partial charge in [0.1, 0.15) is 17.3 Å². The largest absolute Gasteiger partial charge is 0.509 e. The molecule has 0 unspecified atom stereocenters. The van der Waals surface area contributed by atoms with Crippen LogP contribution in [-0.4, -0.2) is 98.7 Å². The zero-order chi connectivity index (χ0) is 43.1. The standard InChI is InChI=1S/C41H49ClFN5O11/c1-9-53-34(49)41(35(50)54-10-2,21-25-17-13-11-14-18-25)55-23-27-30(57-38(52)59-40(6,7)8)28(43)33(56-27)48-24-44-29-31(45-36(42)46-32(29)48)47(37(51)58-39(3,4)5)22-26-19-15-12-16-20-26/h11-20,24,27-28,30,33H,9-10,21-23H2,1-8H3/t27-,28+,30-,33-/m1/s1. The van der Waals surface area contributed by atoms with Gasteiger partial charge in [0, 0.05) is 6.42 Å². The molecular formula is C41H49ClFN5O11. The average Bonchev–Trinajstić information content (AvgIpc) is 3.71. The molecule has 4 aromatic rings. The van der Waals surface area contributed by atoms with Crippen molar-refractivity contribution in [3.8, 4) is 0 Å². The van der Waals surface area contributed by atoms with E-state index >= 15 is 4.39 Å². The molecule has 0 bridgehead atoms. The highest BCUT2D eigenvalue weighted by atomic mass is 35.5. The monoisotopic (exact) mass is 841 g/mol. The van der Waals surface area contributed by atoms with Crippen LogP contribution in [0, 0.1) is 0 Å². The third-order valence-electron chi connectivity index (χ3n) is 8.59. The molecule has 1 fully saturated rings. The van der Waals surface area contributed by atoms with Crippen LogP contribution in [0.15, 0.2) is 67.0 Å². The van der Waals surface area contributed by atoms with Crippen LogP contribution in [-0.2, 0) is 55.7 Å². The van der Waals surface area contributed by atoms with Gasteiger partial charge in [0.2, 0.25) is 5.28 Å². The van der Waals surface area contributed by atoms with Crippen LogP contribution in [0.2, 0.25) is 5.28 Å². The number of fused-ring (bicyclic) bond motifs is 1. The number of esters is 2. The molecule has 1 saturated heterocycles. The Balaban J connectivity index is 1.56. The molecular weight excluding hydrogens is 793 g/mol. The highest BCUT2D eigenvalue weighted by molar-refractivity contribution is 6.28. The number of hydrogen-bond donors (Lipinski definition) is 0. The molecule has 1 amide bonds. The van der Waals surface area contributed by atoms with Gasteiger partial charge in [-0.05, 0) is 78.1 Å². The number of amides is 1. The number of hydrogen-bond acceptors (Lipinski definition) is 14. The first kappa shape index (κ1) is 44.7. The number of ether oxygens (including phenoxy) is 7. The third-order valence-corrected chi connectivity index (χ3v) is 8.76. The van der Waals surface area contributed by atoms with Gasteiger partial charge < -0.3 is 33.2 Å². The van der Waals surface area contributed by atoms with E-state index in [2.05, 4.69) is 15.0 Å². The van der Waals surface area contributed by atoms with E-state index < -0.39 is 72.2 Å². The molecule has 5 rings (SSSR count). The first-order valence-electron chi connectivity index (χ1n) is 19.0. The van der Waals surface area contributed by atoms with Crippen molar-refractivity contribution < 1.29 is 56.7 Å². The van der Waals surface area contributed by atoms with E-state index in [-0.39, 0.29) is 48.4 Å². The van der Waals surface area contributed by atoms with Crippen LogP contribution < -0.4 is 4.90 Å². The number of anilines is 1. The number of rotatable bonds is 14. The molecule has 59 heavy (non-hydrogen) atoms. The molecule has 0 radical (unpaired) electrons. The number of alkyl halides is 1. The van der Waals surface area contributed by atoms with Gasteiger partial charge in [-0.25, -0.2) is 28.6 Å². The maximum Gasteiger partial charge on any atom is 0.509 e. The predicted octanol–water partition coefficient (Wildman–Crippen LogP) is 7.10. The van der Waals surface area contributed by atoms with Gasteiger partial charge in [0.15, 0.2) is 35.5 Å². The van der Waals surface area contributed by atoms with Crippen molar-refractivity contribution in [2.75, 3.05) is 24.7 Å². The lowest BCUT2D eigenvalue weighted by atomic mass is 9.93. The summed E-state index contributed by atoms with van der Waals surface area (Å²) in [5.41, 5.74) is -3.06. The van der Waals surface area contributed by atoms with Crippen molar-refractivity contribution >= 4 is 52.8 Å². The fraction of sp³-hybridized carbons (Fsp3) is 0.488. The maximum absolute atomic E-state index is 17.0. The highest BCUT2D eigenvalue weighted by Crippen LogP contribution is 2.39. The molecule has 2 aromatic carbocycles. The van der Waals surface area contributed by atoms with Crippen molar-refractivity contribution in [2.24, 2.45) is 0 Å². The Bertz CT molecular complexity index is 2070. The Labute approximate surface area is 346 Å². The molecule has 2 aromatic heterocycles. The number of carbonyl (C=O) groups is 4. The number of halogens is 2. The smallest absolute Gasteiger partial charge is 0.463 e. The van der Waals surface area contributed by atoms with Crippen LogP contribution >= 0.6 is 11.6 Å². The summed E-state index contributed by atoms with van der Waals surface area (Å²) in [4.78, 5) is 68.5. The van der Waals surface area contributed by atoms with E-state index in [1.165, 1.54) is 15.8 Å². The number of nitrogens with zero attached hydrogens (tertiary/aromatic N) is 5. The number of carbonyl (C=O) groups excluding carboxylic acids is 4. The Hall–Kier alpha value is -5.39. The molecule has 0 aliphatic carbocycles. The normalized spacial score (nSPS) is 18.3. The number of imidazole rings is 1. The third kappa shape index (κ3) is 11.0. The summed E-state index contributed by atoms with van der Waals surface area (Å²) < 4.78 is 57.8. The quantitative estimate of drug-likeness (QED) is 0.0543. The molecule has 1 aliphatic rings. The fourth-order valence-corrected chi connectivity index (χ4v) is 6.30. The molecule has 0 saturated carbocycles. The number of benzene rings is 2. The summed E-state index contributed by atoms with van der Waals surface area (Å²) in [5.74, 6) is -2.15. The van der Waals surface area contributed by atoms with E-state index in [0.29, 0.717) is 5.56 Å². The molecule has 18 heteroatoms. The van der Waals surface area contributed by atoms with Crippen LogP contribution in [0.3, 0.4) is 0 Å². The van der Waals surface area contributed by atoms with E-state index in [9.17, 15) is 19.2 Å². The minimum Gasteiger partial charge on any atom is -0.463 e. The van der Waals surface area contributed by atoms with Gasteiger partial charge >= 0.3 is 24.2 Å². The average molecular weight is 842 g/mol. The molecule has 4 atom stereocenters. The highest BCUT2D eigenvalue weighted by Gasteiger charge is 2.55. The summed E-state index contributed by atoms with van der Waals surface area (Å²) in [7, 11) is 0. The first-order valence-corrected chi connectivity index (χ1v) is 19.4. The van der Waals surface area contributed by atoms with Gasteiger partial charge in [-0.3, -0.25) is 9.47 Å². The minimum absolute atomic E-state index is 0.00635. The van der Waals surface area contributed by atoms with E-state index in [1.807, 2.05) is 18.2 Å². The van der Waals surface area contributed by atoms with Crippen molar-refractivity contribution in [1.29, 1.82) is 0 Å². The summed E-state index contributed by atoms with van der Waals surface area (Å²) >= 11 is 6.48. The lowest BCUT2D eigenvalue weighted by Gasteiger charge is -2.31. The van der Waals surface area contributed by atoms with Gasteiger partial charge in [-0.15, -0.1) is 0 Å². The molecule has 318 valence electrons. The Morgan fingerprint density at radius 1 is 0.847 bits per heavy atom. The Morgan fingerprint density at radius 3 is 1.98 bits per heavy atom. The van der Waals surface area contributed by atoms with E-state index in [4.69, 9.17) is 44.8 Å². The molecule has 0 N–H and O–H groups in total. The summed E-state index contributed by atoms with van der Waals surface area (Å²) in [6.07, 6.45) is -8.10. The van der Waals surface area contributed by atoms with Crippen LogP contribution in [0.5, 0.6) is 0 Å². The van der Waals surface area contributed by atoms with Crippen molar-refractivity contribution in [1.82, 2.24) is 19.5 Å². The van der Waals surface area contributed by atoms with Gasteiger partial charge in [-0.1, -0.05) is 60.7 Å². The van der Waals surface area contributed by atoms with Crippen LogP contribution in [0.25, 0.3) is 11.2 Å². The van der Waals surface area contributed by atoms with Crippen molar-refractivity contribution in [3.05, 3.63) is 83.4 Å². The van der Waals surface area contributed by atoms with E-state index in [0.717, 1.165) is 5.56 Å². The molecule has 16 nitrogen and oxygen atoms in total. The summed E-state index contributed by atoms with van der Waals surface area (Å²) in [6.45, 7) is 12.2. The van der Waals surface area contributed by atoms with Gasteiger partial charge in [0.05, 0.1) is 32.7 Å². The minimum atomic E-state index is -2.38. The Kier molecular flexibility index (Phi) is 14.2.